The van der Waals surface area contributed by atoms with Gasteiger partial charge in [-0.25, -0.2) is 0 Å². The Hall–Kier alpha value is -2.75. The van der Waals surface area contributed by atoms with Crippen LogP contribution < -0.4 is 4.74 Å². The van der Waals surface area contributed by atoms with E-state index in [-0.39, 0.29) is 5.75 Å². The molecule has 4 heteroatoms. The van der Waals surface area contributed by atoms with Crippen LogP contribution in [0.3, 0.4) is 0 Å². The van der Waals surface area contributed by atoms with Gasteiger partial charge >= 0.3 is 0 Å². The van der Waals surface area contributed by atoms with Gasteiger partial charge in [0.25, 0.3) is 0 Å². The smallest absolute Gasteiger partial charge is 0.118 e. The highest BCUT2D eigenvalue weighted by atomic mass is 16.5. The second kappa shape index (κ2) is 5.09. The average molecular weight is 266 g/mol. The molecule has 0 aliphatic heterocycles. The lowest BCUT2D eigenvalue weighted by Crippen LogP contribution is -1.84. The Balaban J connectivity index is 2.05. The number of H-pyrrole nitrogens is 1. The maximum absolute atomic E-state index is 9.59. The third-order valence-corrected chi connectivity index (χ3v) is 3.18. The molecule has 1 heterocycles. The summed E-state index contributed by atoms with van der Waals surface area (Å²) in [6.45, 7) is 0. The second-order valence-electron chi connectivity index (χ2n) is 4.44. The molecule has 0 amide bonds. The fourth-order valence-electron chi connectivity index (χ4n) is 2.16. The largest absolute Gasteiger partial charge is 0.508 e. The predicted molar refractivity (Wildman–Crippen MR) is 77.7 cm³/mol. The summed E-state index contributed by atoms with van der Waals surface area (Å²) in [4.78, 5) is 0. The molecule has 0 spiro atoms. The monoisotopic (exact) mass is 266 g/mol. The first-order valence-electron chi connectivity index (χ1n) is 6.25. The minimum atomic E-state index is 0.234. The van der Waals surface area contributed by atoms with Gasteiger partial charge in [0.05, 0.1) is 19.0 Å². The fraction of sp³-hybridized carbons (Fsp3) is 0.0625. The van der Waals surface area contributed by atoms with E-state index in [1.807, 2.05) is 36.4 Å². The van der Waals surface area contributed by atoms with E-state index in [1.165, 1.54) is 0 Å². The quantitative estimate of drug-likeness (QED) is 0.763. The van der Waals surface area contributed by atoms with Gasteiger partial charge in [0, 0.05) is 11.1 Å². The van der Waals surface area contributed by atoms with Gasteiger partial charge in [-0.1, -0.05) is 24.3 Å². The third kappa shape index (κ3) is 2.23. The van der Waals surface area contributed by atoms with E-state index in [0.29, 0.717) is 0 Å². The highest BCUT2D eigenvalue weighted by Crippen LogP contribution is 2.32. The zero-order valence-corrected chi connectivity index (χ0v) is 11.0. The van der Waals surface area contributed by atoms with Crippen LogP contribution in [0.5, 0.6) is 11.5 Å². The standard InChI is InChI=1S/C16H14N2O2/c1-20-14-7-5-11(6-8-14)15-10-17-18-16(15)12-3-2-4-13(19)9-12/h2-10,19H,1H3,(H,17,18). The number of rotatable bonds is 3. The molecule has 1 aromatic heterocycles. The van der Waals surface area contributed by atoms with Gasteiger partial charge in [-0.2, -0.15) is 5.10 Å². The van der Waals surface area contributed by atoms with Gasteiger partial charge < -0.3 is 9.84 Å². The van der Waals surface area contributed by atoms with Crippen molar-refractivity contribution in [2.75, 3.05) is 7.11 Å². The molecule has 2 N–H and O–H groups in total. The van der Waals surface area contributed by atoms with Crippen molar-refractivity contribution >= 4 is 0 Å². The Kier molecular flexibility index (Phi) is 3.13. The molecule has 0 radical (unpaired) electrons. The van der Waals surface area contributed by atoms with E-state index >= 15 is 0 Å². The van der Waals surface area contributed by atoms with Crippen LogP contribution in [-0.2, 0) is 0 Å². The molecule has 3 aromatic rings. The topological polar surface area (TPSA) is 58.1 Å². The van der Waals surface area contributed by atoms with Crippen molar-refractivity contribution in [3.63, 3.8) is 0 Å². The number of methoxy groups -OCH3 is 1. The van der Waals surface area contributed by atoms with E-state index in [2.05, 4.69) is 10.2 Å². The van der Waals surface area contributed by atoms with Crippen LogP contribution in [0.15, 0.2) is 54.7 Å². The number of aromatic nitrogens is 2. The highest BCUT2D eigenvalue weighted by molar-refractivity contribution is 5.80. The SMILES string of the molecule is COc1ccc(-c2cn[nH]c2-c2cccc(O)c2)cc1. The van der Waals surface area contributed by atoms with E-state index in [1.54, 1.807) is 25.4 Å². The number of phenols is 1. The van der Waals surface area contributed by atoms with E-state index in [0.717, 1.165) is 28.1 Å². The molecule has 20 heavy (non-hydrogen) atoms. The Morgan fingerprint density at radius 3 is 2.55 bits per heavy atom. The maximum atomic E-state index is 9.59. The number of benzene rings is 2. The predicted octanol–water partition coefficient (Wildman–Crippen LogP) is 3.46. The molecule has 0 aliphatic carbocycles. The summed E-state index contributed by atoms with van der Waals surface area (Å²) >= 11 is 0. The molecule has 3 rings (SSSR count). The van der Waals surface area contributed by atoms with Crippen molar-refractivity contribution in [1.29, 1.82) is 0 Å². The van der Waals surface area contributed by atoms with Gasteiger partial charge in [-0.15, -0.1) is 0 Å². The van der Waals surface area contributed by atoms with Gasteiger partial charge in [-0.05, 0) is 29.8 Å². The van der Waals surface area contributed by atoms with Crippen LogP contribution in [-0.4, -0.2) is 22.4 Å². The molecule has 2 aromatic carbocycles. The van der Waals surface area contributed by atoms with E-state index < -0.39 is 0 Å². The lowest BCUT2D eigenvalue weighted by Gasteiger charge is -2.05. The zero-order valence-electron chi connectivity index (χ0n) is 11.0. The van der Waals surface area contributed by atoms with Crippen molar-refractivity contribution in [3.8, 4) is 33.9 Å². The summed E-state index contributed by atoms with van der Waals surface area (Å²) in [5.41, 5.74) is 3.80. The molecule has 0 saturated carbocycles. The number of nitrogens with one attached hydrogen (secondary N) is 1. The number of phenolic OH excluding ortho intramolecular Hbond substituents is 1. The summed E-state index contributed by atoms with van der Waals surface area (Å²) in [5.74, 6) is 1.05. The molecule has 0 aliphatic rings. The number of aromatic amines is 1. The minimum Gasteiger partial charge on any atom is -0.508 e. The number of hydrogen-bond acceptors (Lipinski definition) is 3. The van der Waals surface area contributed by atoms with Crippen molar-refractivity contribution in [2.24, 2.45) is 0 Å². The summed E-state index contributed by atoms with van der Waals surface area (Å²) in [7, 11) is 1.64. The summed E-state index contributed by atoms with van der Waals surface area (Å²) in [6, 6.07) is 14.9. The summed E-state index contributed by atoms with van der Waals surface area (Å²) in [5, 5.41) is 16.7. The molecule has 0 atom stereocenters. The zero-order chi connectivity index (χ0) is 13.9. The van der Waals surface area contributed by atoms with E-state index in [9.17, 15) is 5.11 Å². The number of nitrogens with zero attached hydrogens (tertiary/aromatic N) is 1. The molecule has 0 fully saturated rings. The van der Waals surface area contributed by atoms with Gasteiger partial charge in [-0.3, -0.25) is 5.10 Å². The average Bonchev–Trinajstić information content (AvgIpc) is 2.97. The molecular formula is C16H14N2O2. The Morgan fingerprint density at radius 1 is 1.05 bits per heavy atom. The molecule has 0 unspecified atom stereocenters. The van der Waals surface area contributed by atoms with E-state index in [4.69, 9.17) is 4.74 Å². The lowest BCUT2D eigenvalue weighted by molar-refractivity contribution is 0.415. The van der Waals surface area contributed by atoms with Gasteiger partial charge in [0.15, 0.2) is 0 Å². The van der Waals surface area contributed by atoms with Gasteiger partial charge in [0.2, 0.25) is 0 Å². The number of hydrogen-bond donors (Lipinski definition) is 2. The van der Waals surface area contributed by atoms with Crippen LogP contribution >= 0.6 is 0 Å². The lowest BCUT2D eigenvalue weighted by atomic mass is 10.0. The van der Waals surface area contributed by atoms with Crippen molar-refractivity contribution in [1.82, 2.24) is 10.2 Å². The normalized spacial score (nSPS) is 10.4. The third-order valence-electron chi connectivity index (χ3n) is 3.18. The molecule has 0 saturated heterocycles. The van der Waals surface area contributed by atoms with Crippen LogP contribution in [0.2, 0.25) is 0 Å². The van der Waals surface area contributed by atoms with Crippen LogP contribution in [0.25, 0.3) is 22.4 Å². The first-order chi connectivity index (χ1) is 9.78. The van der Waals surface area contributed by atoms with Gasteiger partial charge in [0.1, 0.15) is 11.5 Å². The number of aromatic hydroxyl groups is 1. The van der Waals surface area contributed by atoms with Crippen molar-refractivity contribution in [2.45, 2.75) is 0 Å². The molecule has 4 nitrogen and oxygen atoms in total. The van der Waals surface area contributed by atoms with Crippen LogP contribution in [0.4, 0.5) is 0 Å². The second-order valence-corrected chi connectivity index (χ2v) is 4.44. The first kappa shape index (κ1) is 12.3. The summed E-state index contributed by atoms with van der Waals surface area (Å²) in [6.07, 6.45) is 1.78. The van der Waals surface area contributed by atoms with Crippen LogP contribution in [0.1, 0.15) is 0 Å². The highest BCUT2D eigenvalue weighted by Gasteiger charge is 2.10. The minimum absolute atomic E-state index is 0.234. The molecule has 0 bridgehead atoms. The Labute approximate surface area is 116 Å². The fourth-order valence-corrected chi connectivity index (χ4v) is 2.16. The number of ether oxygens (including phenoxy) is 1. The summed E-state index contributed by atoms with van der Waals surface area (Å²) < 4.78 is 5.16. The Morgan fingerprint density at radius 2 is 1.85 bits per heavy atom. The molecule has 100 valence electrons. The first-order valence-corrected chi connectivity index (χ1v) is 6.25. The van der Waals surface area contributed by atoms with Crippen molar-refractivity contribution < 1.29 is 9.84 Å². The maximum Gasteiger partial charge on any atom is 0.118 e. The van der Waals surface area contributed by atoms with Crippen molar-refractivity contribution in [3.05, 3.63) is 54.7 Å². The molecular weight excluding hydrogens is 252 g/mol. The Bertz CT molecular complexity index is 717. The van der Waals surface area contributed by atoms with Crippen LogP contribution in [0, 0.1) is 0 Å².